The molecule has 0 saturated carbocycles. The van der Waals surface area contributed by atoms with Crippen molar-refractivity contribution in [1.82, 2.24) is 4.98 Å². The number of aromatic nitrogens is 1. The van der Waals surface area contributed by atoms with Crippen molar-refractivity contribution in [2.75, 3.05) is 6.26 Å². The lowest BCUT2D eigenvalue weighted by molar-refractivity contribution is 0.0691. The van der Waals surface area contributed by atoms with Gasteiger partial charge in [0.2, 0.25) is 0 Å². The number of hydrogen-bond acceptors (Lipinski definition) is 4. The molecule has 0 saturated heterocycles. The first-order valence-corrected chi connectivity index (χ1v) is 6.55. The number of aromatic amines is 1. The van der Waals surface area contributed by atoms with Crippen molar-refractivity contribution in [3.8, 4) is 0 Å². The van der Waals surface area contributed by atoms with Gasteiger partial charge in [-0.05, 0) is 24.5 Å². The zero-order valence-electron chi connectivity index (χ0n) is 8.60. The molecule has 1 aromatic rings. The Morgan fingerprint density at radius 2 is 2.19 bits per heavy atom. The highest BCUT2D eigenvalue weighted by atomic mass is 32.3. The molecule has 2 rings (SSSR count). The Hall–Kier alpha value is -1.31. The topological polar surface area (TPSA) is 106 Å². The molecule has 0 aromatic carbocycles. The van der Waals surface area contributed by atoms with E-state index in [4.69, 9.17) is 5.11 Å². The first-order valence-electron chi connectivity index (χ1n) is 4.64. The maximum absolute atomic E-state index is 10.7. The van der Waals surface area contributed by atoms with E-state index < -0.39 is 16.7 Å². The number of carbonyl (C=O) groups is 1. The van der Waals surface area contributed by atoms with Crippen molar-refractivity contribution in [3.63, 3.8) is 0 Å². The van der Waals surface area contributed by atoms with Crippen LogP contribution in [0.4, 0.5) is 0 Å². The molecule has 0 bridgehead atoms. The van der Waals surface area contributed by atoms with Crippen LogP contribution in [0.3, 0.4) is 0 Å². The van der Waals surface area contributed by atoms with Crippen molar-refractivity contribution in [1.29, 1.82) is 0 Å². The number of aryl methyl sites for hydroxylation is 1. The van der Waals surface area contributed by atoms with Gasteiger partial charge in [0, 0.05) is 6.26 Å². The van der Waals surface area contributed by atoms with Crippen molar-refractivity contribution < 1.29 is 19.0 Å². The summed E-state index contributed by atoms with van der Waals surface area (Å²) < 4.78 is 22.3. The predicted octanol–water partition coefficient (Wildman–Crippen LogP) is 1.74. The average molecular weight is 244 g/mol. The van der Waals surface area contributed by atoms with Gasteiger partial charge in [-0.2, -0.15) is 4.40 Å². The van der Waals surface area contributed by atoms with Gasteiger partial charge in [0.15, 0.2) is 0 Å². The second-order valence-electron chi connectivity index (χ2n) is 3.72. The Morgan fingerprint density at radius 3 is 2.75 bits per heavy atom. The van der Waals surface area contributed by atoms with Gasteiger partial charge in [0.05, 0.1) is 11.4 Å². The van der Waals surface area contributed by atoms with Gasteiger partial charge in [-0.1, -0.05) is 0 Å². The van der Waals surface area contributed by atoms with E-state index in [0.29, 0.717) is 24.2 Å². The standard InChI is InChI=1S/C9H12N2O4S/c1-16(14,15)11-6-3-2-5-4-7(9(12)13)10-8(5)6/h4,10,14-15H,2-3H2,1H3,(H,12,13). The van der Waals surface area contributed by atoms with Crippen LogP contribution >= 0.6 is 10.8 Å². The van der Waals surface area contributed by atoms with Crippen LogP contribution < -0.4 is 0 Å². The number of nitrogens with zero attached hydrogens (tertiary/aromatic N) is 1. The van der Waals surface area contributed by atoms with E-state index in [9.17, 15) is 13.9 Å². The monoisotopic (exact) mass is 244 g/mol. The lowest BCUT2D eigenvalue weighted by Crippen LogP contribution is -2.03. The fourth-order valence-corrected chi connectivity index (χ4v) is 2.35. The molecule has 0 spiro atoms. The highest BCUT2D eigenvalue weighted by Gasteiger charge is 2.24. The third kappa shape index (κ3) is 2.11. The molecule has 0 unspecified atom stereocenters. The molecule has 16 heavy (non-hydrogen) atoms. The van der Waals surface area contributed by atoms with E-state index in [0.717, 1.165) is 5.56 Å². The summed E-state index contributed by atoms with van der Waals surface area (Å²) in [5.74, 6) is -1.03. The third-order valence-electron chi connectivity index (χ3n) is 2.33. The maximum atomic E-state index is 10.7. The molecule has 1 aliphatic carbocycles. The van der Waals surface area contributed by atoms with E-state index >= 15 is 0 Å². The summed E-state index contributed by atoms with van der Waals surface area (Å²) in [7, 11) is -2.94. The number of fused-ring (bicyclic) bond motifs is 1. The molecule has 0 radical (unpaired) electrons. The van der Waals surface area contributed by atoms with Crippen LogP contribution in [0, 0.1) is 0 Å². The molecule has 6 nitrogen and oxygen atoms in total. The van der Waals surface area contributed by atoms with Gasteiger partial charge in [0.1, 0.15) is 5.69 Å². The second kappa shape index (κ2) is 3.62. The molecule has 1 aliphatic rings. The normalized spacial score (nSPS) is 18.8. The Balaban J connectivity index is 2.39. The zero-order chi connectivity index (χ0) is 11.9. The van der Waals surface area contributed by atoms with E-state index in [-0.39, 0.29) is 5.69 Å². The summed E-state index contributed by atoms with van der Waals surface area (Å²) in [6.45, 7) is 0. The molecule has 4 N–H and O–H groups in total. The zero-order valence-corrected chi connectivity index (χ0v) is 9.41. The van der Waals surface area contributed by atoms with Crippen LogP contribution in [0.5, 0.6) is 0 Å². The Bertz CT molecular complexity index is 472. The summed E-state index contributed by atoms with van der Waals surface area (Å²) in [5.41, 5.74) is 2.11. The van der Waals surface area contributed by atoms with Crippen molar-refractivity contribution >= 4 is 22.5 Å². The first-order chi connectivity index (χ1) is 7.37. The smallest absolute Gasteiger partial charge is 0.352 e. The fourth-order valence-electron chi connectivity index (χ4n) is 1.75. The number of H-pyrrole nitrogens is 1. The van der Waals surface area contributed by atoms with Crippen molar-refractivity contribution in [3.05, 3.63) is 23.0 Å². The molecule has 7 heteroatoms. The summed E-state index contributed by atoms with van der Waals surface area (Å²) in [4.78, 5) is 13.5. The molecule has 0 amide bonds. The second-order valence-corrected chi connectivity index (χ2v) is 5.49. The predicted molar refractivity (Wildman–Crippen MR) is 61.4 cm³/mol. The highest BCUT2D eigenvalue weighted by Crippen LogP contribution is 2.38. The number of rotatable bonds is 2. The number of carboxylic acids is 1. The SMILES string of the molecule is CS(O)(O)N=C1CCc2cc(C(=O)O)[nH]c21. The van der Waals surface area contributed by atoms with Crippen molar-refractivity contribution in [2.45, 2.75) is 12.8 Å². The van der Waals surface area contributed by atoms with Gasteiger partial charge in [-0.3, -0.25) is 9.11 Å². The van der Waals surface area contributed by atoms with Gasteiger partial charge in [-0.15, -0.1) is 10.8 Å². The van der Waals surface area contributed by atoms with Crippen LogP contribution in [0.15, 0.2) is 10.5 Å². The van der Waals surface area contributed by atoms with Crippen LogP contribution in [-0.2, 0) is 6.42 Å². The number of carboxylic acid groups (broad SMARTS) is 1. The molecule has 1 heterocycles. The van der Waals surface area contributed by atoms with E-state index in [1.54, 1.807) is 6.07 Å². The Kier molecular flexibility index (Phi) is 2.53. The number of hydrogen-bond donors (Lipinski definition) is 4. The molecule has 1 aromatic heterocycles. The number of aromatic carboxylic acids is 1. The lowest BCUT2D eigenvalue weighted by Gasteiger charge is -2.21. The van der Waals surface area contributed by atoms with E-state index in [1.807, 2.05) is 0 Å². The Labute approximate surface area is 93.5 Å². The first kappa shape index (κ1) is 11.2. The fraction of sp³-hybridized carbons (Fsp3) is 0.333. The number of nitrogens with one attached hydrogen (secondary N) is 1. The lowest BCUT2D eigenvalue weighted by atomic mass is 10.2. The van der Waals surface area contributed by atoms with Crippen molar-refractivity contribution in [2.24, 2.45) is 4.40 Å². The summed E-state index contributed by atoms with van der Waals surface area (Å²) in [6, 6.07) is 1.56. The molecule has 88 valence electrons. The summed E-state index contributed by atoms with van der Waals surface area (Å²) in [5, 5.41) is 8.80. The molecule has 0 fully saturated rings. The van der Waals surface area contributed by atoms with Gasteiger partial charge < -0.3 is 10.1 Å². The summed E-state index contributed by atoms with van der Waals surface area (Å²) in [6.07, 6.45) is 2.51. The minimum Gasteiger partial charge on any atom is -0.477 e. The third-order valence-corrected chi connectivity index (χ3v) is 2.90. The van der Waals surface area contributed by atoms with Crippen LogP contribution in [-0.4, -0.2) is 37.1 Å². The van der Waals surface area contributed by atoms with Gasteiger partial charge >= 0.3 is 5.97 Å². The molecular weight excluding hydrogens is 232 g/mol. The van der Waals surface area contributed by atoms with E-state index in [1.165, 1.54) is 6.26 Å². The van der Waals surface area contributed by atoms with Gasteiger partial charge in [0.25, 0.3) is 0 Å². The quantitative estimate of drug-likeness (QED) is 0.635. The van der Waals surface area contributed by atoms with Crippen LogP contribution in [0.25, 0.3) is 0 Å². The van der Waals surface area contributed by atoms with Gasteiger partial charge in [-0.25, -0.2) is 4.79 Å². The largest absolute Gasteiger partial charge is 0.477 e. The minimum absolute atomic E-state index is 0.102. The molecule has 0 atom stereocenters. The van der Waals surface area contributed by atoms with E-state index in [2.05, 4.69) is 9.38 Å². The average Bonchev–Trinajstić information content (AvgIpc) is 2.64. The van der Waals surface area contributed by atoms with Crippen LogP contribution in [0.1, 0.15) is 28.2 Å². The summed E-state index contributed by atoms with van der Waals surface area (Å²) >= 11 is 0. The Morgan fingerprint density at radius 1 is 1.50 bits per heavy atom. The minimum atomic E-state index is -2.94. The highest BCUT2D eigenvalue weighted by molar-refractivity contribution is 8.22. The molecular formula is C9H12N2O4S. The molecule has 0 aliphatic heterocycles. The maximum Gasteiger partial charge on any atom is 0.352 e. The van der Waals surface area contributed by atoms with Crippen LogP contribution in [0.2, 0.25) is 0 Å².